The van der Waals surface area contributed by atoms with Crippen molar-refractivity contribution in [3.05, 3.63) is 82.8 Å². The second kappa shape index (κ2) is 9.27. The van der Waals surface area contributed by atoms with Crippen LogP contribution in [0.1, 0.15) is 42.6 Å². The Hall–Kier alpha value is -3.25. The molecule has 2 N–H and O–H groups in total. The number of hydrogen-bond donors (Lipinski definition) is 2. The van der Waals surface area contributed by atoms with Gasteiger partial charge in [-0.3, -0.25) is 9.78 Å². The standard InChI is InChI=1S/C25H25FN2O3/c1-16-4-5-18(11-22(16)26)13-28-25(30)21-12-19(24-20(14-29)3-2-10-27-24)8-9-23(21)31-15-17-6-7-17/h2-5,8-12,17,29H,6-7,13-15H2,1H3,(H,28,30)/i15D2. The van der Waals surface area contributed by atoms with Gasteiger partial charge in [-0.25, -0.2) is 4.39 Å². The smallest absolute Gasteiger partial charge is 0.255 e. The molecule has 0 aliphatic heterocycles. The van der Waals surface area contributed by atoms with Crippen molar-refractivity contribution in [2.24, 2.45) is 5.92 Å². The van der Waals surface area contributed by atoms with Crippen molar-refractivity contribution in [3.63, 3.8) is 0 Å². The number of rotatable bonds is 8. The Morgan fingerprint density at radius 2 is 2.13 bits per heavy atom. The van der Waals surface area contributed by atoms with E-state index in [1.54, 1.807) is 55.6 Å². The minimum absolute atomic E-state index is 0.0979. The van der Waals surface area contributed by atoms with Gasteiger partial charge in [0.25, 0.3) is 5.91 Å². The number of carbonyl (C=O) groups excluding carboxylic acids is 1. The highest BCUT2D eigenvalue weighted by atomic mass is 19.1. The number of amides is 1. The molecule has 3 aromatic rings. The lowest BCUT2D eigenvalue weighted by Crippen LogP contribution is -2.24. The minimum atomic E-state index is -1.89. The van der Waals surface area contributed by atoms with Crippen LogP contribution in [0, 0.1) is 18.7 Å². The summed E-state index contributed by atoms with van der Waals surface area (Å²) in [4.78, 5) is 17.4. The first-order valence-corrected chi connectivity index (χ1v) is 10.2. The van der Waals surface area contributed by atoms with Crippen molar-refractivity contribution in [2.45, 2.75) is 32.9 Å². The van der Waals surface area contributed by atoms with Crippen LogP contribution in [-0.2, 0) is 13.2 Å². The van der Waals surface area contributed by atoms with Gasteiger partial charge in [-0.2, -0.15) is 0 Å². The zero-order chi connectivity index (χ0) is 23.6. The highest BCUT2D eigenvalue weighted by Gasteiger charge is 2.23. The van der Waals surface area contributed by atoms with Gasteiger partial charge in [0.15, 0.2) is 0 Å². The van der Waals surface area contributed by atoms with Gasteiger partial charge in [0.05, 0.1) is 27.2 Å². The average molecular weight is 422 g/mol. The predicted octanol–water partition coefficient (Wildman–Crippen LogP) is 4.41. The molecule has 1 fully saturated rings. The average Bonchev–Trinajstić information content (AvgIpc) is 3.66. The molecule has 1 aromatic heterocycles. The molecule has 4 rings (SSSR count). The lowest BCUT2D eigenvalue weighted by Gasteiger charge is -2.14. The molecule has 0 bridgehead atoms. The van der Waals surface area contributed by atoms with E-state index in [0.717, 1.165) is 12.8 Å². The van der Waals surface area contributed by atoms with Crippen molar-refractivity contribution in [3.8, 4) is 17.0 Å². The summed E-state index contributed by atoms with van der Waals surface area (Å²) >= 11 is 0. The number of carbonyl (C=O) groups is 1. The molecule has 0 atom stereocenters. The third-order valence-electron chi connectivity index (χ3n) is 5.16. The van der Waals surface area contributed by atoms with Gasteiger partial charge >= 0.3 is 0 Å². The number of aromatic nitrogens is 1. The van der Waals surface area contributed by atoms with Gasteiger partial charge in [-0.15, -0.1) is 0 Å². The van der Waals surface area contributed by atoms with Crippen LogP contribution >= 0.6 is 0 Å². The summed E-state index contributed by atoms with van der Waals surface area (Å²) in [6.07, 6.45) is 3.06. The zero-order valence-corrected chi connectivity index (χ0v) is 17.2. The van der Waals surface area contributed by atoms with Gasteiger partial charge < -0.3 is 15.2 Å². The Kier molecular flexibility index (Phi) is 5.53. The highest BCUT2D eigenvalue weighted by Crippen LogP contribution is 2.32. The van der Waals surface area contributed by atoms with Crippen molar-refractivity contribution >= 4 is 5.91 Å². The molecular weight excluding hydrogens is 395 g/mol. The number of aliphatic hydroxyl groups is 1. The van der Waals surface area contributed by atoms with Gasteiger partial charge in [-0.1, -0.05) is 18.2 Å². The number of nitrogens with one attached hydrogen (secondary N) is 1. The molecule has 2 aromatic carbocycles. The predicted molar refractivity (Wildman–Crippen MR) is 116 cm³/mol. The van der Waals surface area contributed by atoms with E-state index in [1.807, 2.05) is 0 Å². The first kappa shape index (κ1) is 18.5. The first-order chi connectivity index (χ1) is 15.8. The molecule has 5 nitrogen and oxygen atoms in total. The summed E-state index contributed by atoms with van der Waals surface area (Å²) in [7, 11) is 0. The summed E-state index contributed by atoms with van der Waals surface area (Å²) in [6, 6.07) is 13.0. The van der Waals surface area contributed by atoms with Crippen LogP contribution in [-0.4, -0.2) is 22.6 Å². The third-order valence-corrected chi connectivity index (χ3v) is 5.16. The molecule has 0 spiro atoms. The molecule has 1 heterocycles. The minimum Gasteiger partial charge on any atom is -0.492 e. The Morgan fingerprint density at radius 1 is 1.29 bits per heavy atom. The van der Waals surface area contributed by atoms with Gasteiger partial charge in [0, 0.05) is 23.9 Å². The van der Waals surface area contributed by atoms with Crippen LogP contribution in [0.3, 0.4) is 0 Å². The molecule has 1 amide bonds. The lowest BCUT2D eigenvalue weighted by atomic mass is 10.0. The summed E-state index contributed by atoms with van der Waals surface area (Å²) in [5.41, 5.74) is 2.97. The van der Waals surface area contributed by atoms with Crippen LogP contribution in [0.4, 0.5) is 4.39 Å². The second-order valence-corrected chi connectivity index (χ2v) is 7.64. The Bertz CT molecular complexity index is 1180. The van der Waals surface area contributed by atoms with Crippen LogP contribution in [0.15, 0.2) is 54.7 Å². The maximum atomic E-state index is 13.9. The molecule has 1 saturated carbocycles. The number of nitrogens with zero attached hydrogens (tertiary/aromatic N) is 1. The zero-order valence-electron chi connectivity index (χ0n) is 19.2. The van der Waals surface area contributed by atoms with E-state index in [2.05, 4.69) is 10.3 Å². The Labute approximate surface area is 183 Å². The molecule has 0 radical (unpaired) electrons. The molecule has 6 heteroatoms. The van der Waals surface area contributed by atoms with Crippen molar-refractivity contribution in [2.75, 3.05) is 6.56 Å². The van der Waals surface area contributed by atoms with E-state index >= 15 is 0 Å². The van der Waals surface area contributed by atoms with E-state index in [0.29, 0.717) is 27.9 Å². The summed E-state index contributed by atoms with van der Waals surface area (Å²) in [6.45, 7) is -0.344. The topological polar surface area (TPSA) is 71.5 Å². The molecule has 1 aliphatic rings. The number of hydrogen-bond acceptors (Lipinski definition) is 4. The van der Waals surface area contributed by atoms with Crippen molar-refractivity contribution in [1.82, 2.24) is 10.3 Å². The highest BCUT2D eigenvalue weighted by molar-refractivity contribution is 5.98. The summed E-state index contributed by atoms with van der Waals surface area (Å²) in [5, 5.41) is 12.4. The fourth-order valence-electron chi connectivity index (χ4n) is 3.14. The number of aryl methyl sites for hydroxylation is 1. The second-order valence-electron chi connectivity index (χ2n) is 7.64. The number of pyridine rings is 1. The number of halogens is 1. The molecule has 160 valence electrons. The molecular formula is C25H25FN2O3. The fourth-order valence-corrected chi connectivity index (χ4v) is 3.14. The summed E-state index contributed by atoms with van der Waals surface area (Å²) in [5.74, 6) is -0.928. The number of aliphatic hydroxyl groups excluding tert-OH is 1. The van der Waals surface area contributed by atoms with Crippen LogP contribution in [0.25, 0.3) is 11.3 Å². The Balaban J connectivity index is 1.65. The number of benzene rings is 2. The maximum absolute atomic E-state index is 13.9. The van der Waals surface area contributed by atoms with Crippen molar-refractivity contribution < 1.29 is 21.8 Å². The van der Waals surface area contributed by atoms with Gasteiger partial charge in [0.2, 0.25) is 0 Å². The molecule has 1 aliphatic carbocycles. The molecule has 0 saturated heterocycles. The van der Waals surface area contributed by atoms with Gasteiger partial charge in [0.1, 0.15) is 11.6 Å². The third kappa shape index (κ3) is 5.09. The Morgan fingerprint density at radius 3 is 2.87 bits per heavy atom. The SMILES string of the molecule is [2H]C([2H])(Oc1ccc(-c2ncccc2CO)cc1C(=O)NCc1ccc(C)c(F)c1)C1CC1. The quantitative estimate of drug-likeness (QED) is 0.564. The monoisotopic (exact) mass is 422 g/mol. The largest absolute Gasteiger partial charge is 0.492 e. The molecule has 31 heavy (non-hydrogen) atoms. The first-order valence-electron chi connectivity index (χ1n) is 11.2. The van der Waals surface area contributed by atoms with Crippen LogP contribution in [0.2, 0.25) is 0 Å². The maximum Gasteiger partial charge on any atom is 0.255 e. The van der Waals surface area contributed by atoms with Crippen molar-refractivity contribution in [1.29, 1.82) is 0 Å². The van der Waals surface area contributed by atoms with E-state index in [1.165, 1.54) is 6.07 Å². The normalized spacial score (nSPS) is 14.5. The van der Waals surface area contributed by atoms with E-state index in [-0.39, 0.29) is 36.2 Å². The van der Waals surface area contributed by atoms with Crippen LogP contribution < -0.4 is 10.1 Å². The molecule has 0 unspecified atom stereocenters. The van der Waals surface area contributed by atoms with E-state index < -0.39 is 12.5 Å². The van der Waals surface area contributed by atoms with E-state index in [9.17, 15) is 14.3 Å². The van der Waals surface area contributed by atoms with Crippen LogP contribution in [0.5, 0.6) is 5.75 Å². The number of ether oxygens (including phenoxy) is 1. The van der Waals surface area contributed by atoms with Gasteiger partial charge in [-0.05, 0) is 67.1 Å². The van der Waals surface area contributed by atoms with E-state index in [4.69, 9.17) is 7.48 Å². The lowest BCUT2D eigenvalue weighted by molar-refractivity contribution is 0.0946. The fraction of sp³-hybridized carbons (Fsp3) is 0.280. The summed E-state index contributed by atoms with van der Waals surface area (Å²) < 4.78 is 35.9.